The summed E-state index contributed by atoms with van der Waals surface area (Å²) in [7, 11) is 4.50. The molecule has 1 aliphatic rings. The zero-order valence-electron chi connectivity index (χ0n) is 18.2. The minimum atomic E-state index is 0.819. The number of unbranched alkanes of at least 4 members (excludes halogenated alkanes) is 9. The monoisotopic (exact) mass is 351 g/mol. The summed E-state index contributed by atoms with van der Waals surface area (Å²) in [5, 5.41) is 0. The molecule has 3 atom stereocenters. The lowest BCUT2D eigenvalue weighted by Gasteiger charge is -2.23. The molecular weight excluding hydrogens is 302 g/mol. The van der Waals surface area contributed by atoms with Crippen LogP contribution in [0.3, 0.4) is 0 Å². The first-order valence-corrected chi connectivity index (χ1v) is 11.8. The van der Waals surface area contributed by atoms with Gasteiger partial charge in [-0.25, -0.2) is 0 Å². The molecule has 25 heavy (non-hydrogen) atoms. The lowest BCUT2D eigenvalue weighted by Crippen LogP contribution is -2.27. The van der Waals surface area contributed by atoms with Crippen LogP contribution in [-0.2, 0) is 0 Å². The van der Waals surface area contributed by atoms with Crippen molar-refractivity contribution in [2.45, 2.75) is 129 Å². The predicted molar refractivity (Wildman–Crippen MR) is 114 cm³/mol. The molecule has 3 unspecified atom stereocenters. The summed E-state index contributed by atoms with van der Waals surface area (Å²) >= 11 is 0. The Hall–Kier alpha value is -0.0400. The van der Waals surface area contributed by atoms with E-state index in [0.717, 1.165) is 17.9 Å². The number of rotatable bonds is 18. The fourth-order valence-corrected chi connectivity index (χ4v) is 4.52. The molecule has 1 nitrogen and oxygen atoms in total. The summed E-state index contributed by atoms with van der Waals surface area (Å²) in [5.74, 6) is 2.25. The summed E-state index contributed by atoms with van der Waals surface area (Å²) in [6.45, 7) is 4.62. The molecule has 1 fully saturated rings. The van der Waals surface area contributed by atoms with E-state index in [1.165, 1.54) is 96.3 Å². The molecule has 1 rings (SSSR count). The molecule has 1 saturated carbocycles. The summed E-state index contributed by atoms with van der Waals surface area (Å²) < 4.78 is 0. The summed E-state index contributed by atoms with van der Waals surface area (Å²) in [5.41, 5.74) is 0. The molecule has 0 aliphatic heterocycles. The average molecular weight is 352 g/mol. The minimum absolute atomic E-state index is 0.819. The van der Waals surface area contributed by atoms with Gasteiger partial charge in [-0.2, -0.15) is 0 Å². The van der Waals surface area contributed by atoms with Gasteiger partial charge in [-0.15, -0.1) is 0 Å². The highest BCUT2D eigenvalue weighted by Crippen LogP contribution is 2.45. The Bertz CT molecular complexity index is 286. The molecule has 0 aromatic heterocycles. The van der Waals surface area contributed by atoms with E-state index in [4.69, 9.17) is 0 Å². The van der Waals surface area contributed by atoms with E-state index < -0.39 is 0 Å². The van der Waals surface area contributed by atoms with Gasteiger partial charge in [0.1, 0.15) is 0 Å². The van der Waals surface area contributed by atoms with Crippen molar-refractivity contribution in [2.75, 3.05) is 14.1 Å². The van der Waals surface area contributed by atoms with E-state index in [2.05, 4.69) is 32.8 Å². The molecule has 0 bridgehead atoms. The molecule has 0 N–H and O–H groups in total. The smallest absolute Gasteiger partial charge is 0.00890 e. The van der Waals surface area contributed by atoms with Crippen LogP contribution in [0.15, 0.2) is 0 Å². The maximum absolute atomic E-state index is 2.43. The first kappa shape index (κ1) is 23.0. The van der Waals surface area contributed by atoms with E-state index in [1.807, 2.05) is 0 Å². The number of nitrogens with zero attached hydrogens (tertiary/aromatic N) is 1. The van der Waals surface area contributed by atoms with Crippen LogP contribution in [0.4, 0.5) is 0 Å². The SMILES string of the molecule is CCCCCCCCC1CC1CCCCCCCC(CCC)N(C)C. The normalized spacial score (nSPS) is 21.0. The van der Waals surface area contributed by atoms with Gasteiger partial charge >= 0.3 is 0 Å². The van der Waals surface area contributed by atoms with Crippen LogP contribution in [0.5, 0.6) is 0 Å². The molecule has 0 aromatic rings. The molecular formula is C24H49N. The Morgan fingerprint density at radius 3 is 1.68 bits per heavy atom. The third kappa shape index (κ3) is 12.1. The van der Waals surface area contributed by atoms with Crippen LogP contribution in [0.1, 0.15) is 123 Å². The minimum Gasteiger partial charge on any atom is -0.306 e. The van der Waals surface area contributed by atoms with E-state index in [0.29, 0.717) is 0 Å². The van der Waals surface area contributed by atoms with Crippen molar-refractivity contribution in [2.24, 2.45) is 11.8 Å². The van der Waals surface area contributed by atoms with E-state index in [-0.39, 0.29) is 0 Å². The maximum atomic E-state index is 2.43. The van der Waals surface area contributed by atoms with Crippen LogP contribution in [0, 0.1) is 11.8 Å². The summed E-state index contributed by atoms with van der Waals surface area (Å²) in [6.07, 6.45) is 24.9. The molecule has 0 aromatic carbocycles. The molecule has 0 heterocycles. The Labute approximate surface area is 160 Å². The van der Waals surface area contributed by atoms with Crippen molar-refractivity contribution >= 4 is 0 Å². The first-order chi connectivity index (χ1) is 12.2. The third-order valence-corrected chi connectivity index (χ3v) is 6.46. The largest absolute Gasteiger partial charge is 0.306 e. The highest BCUT2D eigenvalue weighted by Gasteiger charge is 2.34. The predicted octanol–water partition coefficient (Wildman–Crippen LogP) is 7.83. The number of hydrogen-bond acceptors (Lipinski definition) is 1. The van der Waals surface area contributed by atoms with Gasteiger partial charge in [-0.3, -0.25) is 0 Å². The molecule has 0 amide bonds. The molecule has 1 aliphatic carbocycles. The summed E-state index contributed by atoms with van der Waals surface area (Å²) in [6, 6.07) is 0.819. The molecule has 0 radical (unpaired) electrons. The lowest BCUT2D eigenvalue weighted by atomic mass is 10.0. The van der Waals surface area contributed by atoms with Crippen molar-refractivity contribution in [3.8, 4) is 0 Å². The van der Waals surface area contributed by atoms with Gasteiger partial charge in [-0.05, 0) is 45.2 Å². The second-order valence-electron chi connectivity index (χ2n) is 9.06. The lowest BCUT2D eigenvalue weighted by molar-refractivity contribution is 0.256. The Morgan fingerprint density at radius 2 is 1.16 bits per heavy atom. The highest BCUT2D eigenvalue weighted by atomic mass is 15.1. The van der Waals surface area contributed by atoms with Crippen molar-refractivity contribution in [1.29, 1.82) is 0 Å². The van der Waals surface area contributed by atoms with Crippen molar-refractivity contribution in [3.05, 3.63) is 0 Å². The van der Waals surface area contributed by atoms with Gasteiger partial charge in [0.25, 0.3) is 0 Å². The fourth-order valence-electron chi connectivity index (χ4n) is 4.52. The Morgan fingerprint density at radius 1 is 0.640 bits per heavy atom. The Kier molecular flexibility index (Phi) is 13.9. The average Bonchev–Trinajstić information content (AvgIpc) is 3.34. The molecule has 1 heteroatoms. The zero-order chi connectivity index (χ0) is 18.3. The van der Waals surface area contributed by atoms with Gasteiger partial charge in [-0.1, -0.05) is 104 Å². The van der Waals surface area contributed by atoms with E-state index in [9.17, 15) is 0 Å². The van der Waals surface area contributed by atoms with Crippen molar-refractivity contribution < 1.29 is 0 Å². The zero-order valence-corrected chi connectivity index (χ0v) is 18.2. The number of hydrogen-bond donors (Lipinski definition) is 0. The topological polar surface area (TPSA) is 3.24 Å². The molecule has 0 saturated heterocycles. The van der Waals surface area contributed by atoms with Gasteiger partial charge in [0.05, 0.1) is 0 Å². The van der Waals surface area contributed by atoms with Crippen molar-refractivity contribution in [3.63, 3.8) is 0 Å². The summed E-state index contributed by atoms with van der Waals surface area (Å²) in [4.78, 5) is 2.43. The first-order valence-electron chi connectivity index (χ1n) is 11.8. The van der Waals surface area contributed by atoms with E-state index in [1.54, 1.807) is 12.8 Å². The van der Waals surface area contributed by atoms with Crippen LogP contribution in [0.2, 0.25) is 0 Å². The second kappa shape index (κ2) is 15.1. The van der Waals surface area contributed by atoms with Gasteiger partial charge in [0.15, 0.2) is 0 Å². The molecule has 0 spiro atoms. The third-order valence-electron chi connectivity index (χ3n) is 6.46. The second-order valence-corrected chi connectivity index (χ2v) is 9.06. The van der Waals surface area contributed by atoms with Crippen LogP contribution >= 0.6 is 0 Å². The standard InChI is InChI=1S/C24H49N/c1-5-7-8-9-11-14-18-22-21-23(22)19-15-12-10-13-16-20-24(17-6-2)25(3)4/h22-24H,5-21H2,1-4H3. The Balaban J connectivity index is 1.83. The van der Waals surface area contributed by atoms with Gasteiger partial charge in [0.2, 0.25) is 0 Å². The van der Waals surface area contributed by atoms with Crippen LogP contribution in [0.25, 0.3) is 0 Å². The van der Waals surface area contributed by atoms with E-state index >= 15 is 0 Å². The highest BCUT2D eigenvalue weighted by molar-refractivity contribution is 4.85. The van der Waals surface area contributed by atoms with Gasteiger partial charge in [0, 0.05) is 6.04 Å². The van der Waals surface area contributed by atoms with Crippen molar-refractivity contribution in [1.82, 2.24) is 4.90 Å². The maximum Gasteiger partial charge on any atom is 0.00890 e. The quantitative estimate of drug-likeness (QED) is 0.227. The van der Waals surface area contributed by atoms with Crippen LogP contribution in [-0.4, -0.2) is 25.0 Å². The van der Waals surface area contributed by atoms with Gasteiger partial charge < -0.3 is 4.90 Å². The fraction of sp³-hybridized carbons (Fsp3) is 1.00. The van der Waals surface area contributed by atoms with Crippen LogP contribution < -0.4 is 0 Å². The molecule has 150 valence electrons.